The molecule has 1 aromatic rings. The second kappa shape index (κ2) is 7.43. The van der Waals surface area contributed by atoms with Crippen LogP contribution >= 0.6 is 0 Å². The van der Waals surface area contributed by atoms with Crippen molar-refractivity contribution in [3.05, 3.63) is 11.6 Å². The number of carbonyl (C=O) groups is 1. The number of aromatic nitrogens is 3. The van der Waals surface area contributed by atoms with Gasteiger partial charge in [0.05, 0.1) is 0 Å². The lowest BCUT2D eigenvalue weighted by Gasteiger charge is -2.18. The molecule has 0 spiro atoms. The molecule has 0 saturated carbocycles. The molecule has 6 nitrogen and oxygen atoms in total. The molecule has 3 rings (SSSR count). The second-order valence-corrected chi connectivity index (χ2v) is 7.42. The number of likely N-dealkylation sites (tertiary alicyclic amines) is 1. The molecule has 0 radical (unpaired) electrons. The number of aryl methyl sites for hydroxylation is 1. The van der Waals surface area contributed by atoms with Crippen LogP contribution in [-0.4, -0.2) is 51.8 Å². The molecule has 0 aromatic carbocycles. The summed E-state index contributed by atoms with van der Waals surface area (Å²) in [7, 11) is 0. The zero-order valence-electron chi connectivity index (χ0n) is 14.4. The Bertz CT molecular complexity index is 539. The van der Waals surface area contributed by atoms with Crippen LogP contribution in [0.15, 0.2) is 0 Å². The van der Waals surface area contributed by atoms with Gasteiger partial charge in [-0.15, -0.1) is 10.2 Å². The molecular formula is C17H29N5O. The fraction of sp³-hybridized carbons (Fsp3) is 0.824. The Hall–Kier alpha value is -1.43. The number of hydrogen-bond donors (Lipinski definition) is 1. The first kappa shape index (κ1) is 16.4. The fourth-order valence-corrected chi connectivity index (χ4v) is 3.73. The summed E-state index contributed by atoms with van der Waals surface area (Å²) in [5.74, 6) is 2.67. The van der Waals surface area contributed by atoms with Crippen molar-refractivity contribution in [3.8, 4) is 0 Å². The summed E-state index contributed by atoms with van der Waals surface area (Å²) >= 11 is 0. The third kappa shape index (κ3) is 4.10. The number of hydrogen-bond acceptors (Lipinski definition) is 4. The van der Waals surface area contributed by atoms with E-state index in [1.807, 2.05) is 4.57 Å². The van der Waals surface area contributed by atoms with Gasteiger partial charge < -0.3 is 14.8 Å². The van der Waals surface area contributed by atoms with Gasteiger partial charge in [-0.05, 0) is 37.6 Å². The number of nitrogens with one attached hydrogen (secondary N) is 1. The topological polar surface area (TPSA) is 63.1 Å². The minimum atomic E-state index is -0.0621. The molecule has 6 heteroatoms. The lowest BCUT2D eigenvalue weighted by Crippen LogP contribution is -2.33. The Kier molecular flexibility index (Phi) is 5.30. The Morgan fingerprint density at radius 1 is 1.26 bits per heavy atom. The van der Waals surface area contributed by atoms with Gasteiger partial charge in [-0.3, -0.25) is 4.79 Å². The maximum atomic E-state index is 12.5. The number of fused-ring (bicyclic) bond motifs is 1. The van der Waals surface area contributed by atoms with E-state index >= 15 is 0 Å². The molecule has 0 bridgehead atoms. The molecule has 0 aliphatic carbocycles. The van der Waals surface area contributed by atoms with E-state index in [-0.39, 0.29) is 5.91 Å². The van der Waals surface area contributed by atoms with Gasteiger partial charge in [-0.2, -0.15) is 0 Å². The first-order chi connectivity index (χ1) is 11.1. The van der Waals surface area contributed by atoms with Crippen molar-refractivity contribution in [3.63, 3.8) is 0 Å². The van der Waals surface area contributed by atoms with Crippen LogP contribution in [0.2, 0.25) is 0 Å². The highest BCUT2D eigenvalue weighted by atomic mass is 16.2. The van der Waals surface area contributed by atoms with Crippen LogP contribution in [0.4, 0.5) is 0 Å². The van der Waals surface area contributed by atoms with Crippen molar-refractivity contribution in [2.45, 2.75) is 52.5 Å². The zero-order chi connectivity index (χ0) is 16.2. The Morgan fingerprint density at radius 2 is 2.13 bits per heavy atom. The van der Waals surface area contributed by atoms with Gasteiger partial charge in [0.1, 0.15) is 5.82 Å². The average Bonchev–Trinajstić information content (AvgIpc) is 3.05. The molecule has 2 aliphatic rings. The molecule has 1 unspecified atom stereocenters. The predicted octanol–water partition coefficient (Wildman–Crippen LogP) is 1.71. The summed E-state index contributed by atoms with van der Waals surface area (Å²) in [6, 6.07) is 0. The lowest BCUT2D eigenvalue weighted by molar-refractivity contribution is 0.0931. The van der Waals surface area contributed by atoms with Crippen LogP contribution in [0, 0.1) is 11.8 Å². The van der Waals surface area contributed by atoms with Crippen LogP contribution < -0.4 is 5.32 Å². The highest BCUT2D eigenvalue weighted by Crippen LogP contribution is 2.17. The normalized spacial score (nSPS) is 22.1. The van der Waals surface area contributed by atoms with Gasteiger partial charge in [-0.1, -0.05) is 20.3 Å². The summed E-state index contributed by atoms with van der Waals surface area (Å²) in [6.07, 6.45) is 5.57. The monoisotopic (exact) mass is 319 g/mol. The molecule has 1 aromatic heterocycles. The third-order valence-electron chi connectivity index (χ3n) is 4.86. The third-order valence-corrected chi connectivity index (χ3v) is 4.86. The number of rotatable bonds is 5. The van der Waals surface area contributed by atoms with Crippen molar-refractivity contribution < 1.29 is 4.79 Å². The first-order valence-corrected chi connectivity index (χ1v) is 9.06. The average molecular weight is 319 g/mol. The van der Waals surface area contributed by atoms with Crippen LogP contribution in [0.1, 0.15) is 56.0 Å². The van der Waals surface area contributed by atoms with Gasteiger partial charge in [0.2, 0.25) is 5.82 Å². The van der Waals surface area contributed by atoms with E-state index in [1.54, 1.807) is 0 Å². The van der Waals surface area contributed by atoms with Crippen LogP contribution in [0.3, 0.4) is 0 Å². The quantitative estimate of drug-likeness (QED) is 0.897. The molecule has 1 saturated heterocycles. The summed E-state index contributed by atoms with van der Waals surface area (Å²) in [5.41, 5.74) is 0. The van der Waals surface area contributed by atoms with E-state index in [9.17, 15) is 4.79 Å². The van der Waals surface area contributed by atoms with Gasteiger partial charge in [0.15, 0.2) is 0 Å². The fourth-order valence-electron chi connectivity index (χ4n) is 3.73. The number of nitrogens with zero attached hydrogens (tertiary/aromatic N) is 4. The smallest absolute Gasteiger partial charge is 0.289 e. The Morgan fingerprint density at radius 3 is 2.96 bits per heavy atom. The van der Waals surface area contributed by atoms with E-state index in [1.165, 1.54) is 12.8 Å². The Labute approximate surface area is 138 Å². The lowest BCUT2D eigenvalue weighted by atomic mass is 10.1. The van der Waals surface area contributed by atoms with E-state index in [0.29, 0.717) is 17.7 Å². The van der Waals surface area contributed by atoms with Gasteiger partial charge >= 0.3 is 0 Å². The first-order valence-electron chi connectivity index (χ1n) is 9.06. The number of amides is 1. The van der Waals surface area contributed by atoms with E-state index in [0.717, 1.165) is 57.8 Å². The van der Waals surface area contributed by atoms with Crippen molar-refractivity contribution in [2.24, 2.45) is 11.8 Å². The van der Waals surface area contributed by atoms with Gasteiger partial charge in [-0.25, -0.2) is 0 Å². The van der Waals surface area contributed by atoms with Crippen LogP contribution in [-0.2, 0) is 13.0 Å². The SMILES string of the molecule is CC(C)CN1CCC(CNC(=O)c2nnc3n2CCCCC3)C1. The largest absolute Gasteiger partial charge is 0.349 e. The molecular weight excluding hydrogens is 290 g/mol. The summed E-state index contributed by atoms with van der Waals surface area (Å²) in [6.45, 7) is 9.53. The highest BCUT2D eigenvalue weighted by Gasteiger charge is 2.25. The Balaban J connectivity index is 1.51. The predicted molar refractivity (Wildman–Crippen MR) is 89.3 cm³/mol. The van der Waals surface area contributed by atoms with Crippen LogP contribution in [0.25, 0.3) is 0 Å². The minimum Gasteiger partial charge on any atom is -0.349 e. The van der Waals surface area contributed by atoms with Crippen molar-refractivity contribution >= 4 is 5.91 Å². The van der Waals surface area contributed by atoms with E-state index in [2.05, 4.69) is 34.3 Å². The zero-order valence-corrected chi connectivity index (χ0v) is 14.4. The molecule has 1 N–H and O–H groups in total. The van der Waals surface area contributed by atoms with Gasteiger partial charge in [0.25, 0.3) is 5.91 Å². The summed E-state index contributed by atoms with van der Waals surface area (Å²) < 4.78 is 2.02. The minimum absolute atomic E-state index is 0.0621. The maximum absolute atomic E-state index is 12.5. The van der Waals surface area contributed by atoms with Crippen molar-refractivity contribution in [1.29, 1.82) is 0 Å². The molecule has 1 atom stereocenters. The molecule has 23 heavy (non-hydrogen) atoms. The molecule has 3 heterocycles. The maximum Gasteiger partial charge on any atom is 0.289 e. The molecule has 1 fully saturated rings. The molecule has 2 aliphatic heterocycles. The van der Waals surface area contributed by atoms with Gasteiger partial charge in [0, 0.05) is 32.6 Å². The molecule has 1 amide bonds. The van der Waals surface area contributed by atoms with E-state index in [4.69, 9.17) is 0 Å². The van der Waals surface area contributed by atoms with E-state index < -0.39 is 0 Å². The van der Waals surface area contributed by atoms with Crippen molar-refractivity contribution in [1.82, 2.24) is 25.0 Å². The van der Waals surface area contributed by atoms with Crippen molar-refractivity contribution in [2.75, 3.05) is 26.2 Å². The summed E-state index contributed by atoms with van der Waals surface area (Å²) in [5, 5.41) is 11.4. The highest BCUT2D eigenvalue weighted by molar-refractivity contribution is 5.90. The summed E-state index contributed by atoms with van der Waals surface area (Å²) in [4.78, 5) is 15.0. The van der Waals surface area contributed by atoms with Crippen LogP contribution in [0.5, 0.6) is 0 Å². The standard InChI is InChI=1S/C17H29N5O/c1-13(2)11-21-9-7-14(12-21)10-18-17(23)16-20-19-15-6-4-3-5-8-22(15)16/h13-14H,3-12H2,1-2H3,(H,18,23). The second-order valence-electron chi connectivity index (χ2n) is 7.42. The molecule has 128 valence electrons. The number of carbonyl (C=O) groups excluding carboxylic acids is 1.